The van der Waals surface area contributed by atoms with Crippen molar-refractivity contribution in [1.82, 2.24) is 4.90 Å². The Labute approximate surface area is 131 Å². The fourth-order valence-electron chi connectivity index (χ4n) is 4.03. The van der Waals surface area contributed by atoms with Gasteiger partial charge < -0.3 is 20.4 Å². The fourth-order valence-corrected chi connectivity index (χ4v) is 4.03. The monoisotopic (exact) mass is 319 g/mol. The maximum Gasteiger partial charge on any atom is 0.234 e. The molecule has 0 amide bonds. The van der Waals surface area contributed by atoms with Gasteiger partial charge >= 0.3 is 0 Å². The zero-order valence-electron chi connectivity index (χ0n) is 14.0. The molecule has 2 saturated heterocycles. The average Bonchev–Trinajstić information content (AvgIpc) is 3.21. The standard InChI is InChI=1S/C11H16FNO2.C3H8O2.C2H6/c12-7-5-10(7)6-8-9(1-2-9)3-4-13(8)11(10,14)15;1-3(2,4)5;1-2/h7-8,14-15H,1-6H2;4-5H,1-2H3;1-2H3/t7?,8?,10-;;/m1../s1. The van der Waals surface area contributed by atoms with Gasteiger partial charge in [-0.25, -0.2) is 9.29 Å². The molecule has 6 heteroatoms. The van der Waals surface area contributed by atoms with Crippen molar-refractivity contribution in [3.8, 4) is 0 Å². The normalized spacial score (nSPS) is 39.7. The van der Waals surface area contributed by atoms with E-state index in [4.69, 9.17) is 10.2 Å². The Morgan fingerprint density at radius 1 is 1.05 bits per heavy atom. The molecule has 130 valence electrons. The number of halogens is 1. The van der Waals surface area contributed by atoms with Gasteiger partial charge in [-0.05, 0) is 51.4 Å². The minimum Gasteiger partial charge on any atom is -0.366 e. The Morgan fingerprint density at radius 2 is 1.50 bits per heavy atom. The molecule has 0 aromatic carbocycles. The van der Waals surface area contributed by atoms with Crippen LogP contribution >= 0.6 is 0 Å². The molecule has 4 rings (SSSR count). The Kier molecular flexibility index (Phi) is 4.42. The van der Waals surface area contributed by atoms with Crippen molar-refractivity contribution in [2.45, 2.75) is 83.7 Å². The van der Waals surface area contributed by atoms with Gasteiger partial charge in [0, 0.05) is 12.6 Å². The van der Waals surface area contributed by atoms with E-state index >= 15 is 0 Å². The summed E-state index contributed by atoms with van der Waals surface area (Å²) >= 11 is 0. The molecule has 2 heterocycles. The van der Waals surface area contributed by atoms with Gasteiger partial charge in [-0.1, -0.05) is 13.8 Å². The van der Waals surface area contributed by atoms with Gasteiger partial charge in [0.15, 0.2) is 5.79 Å². The summed E-state index contributed by atoms with van der Waals surface area (Å²) in [6.45, 7) is 7.33. The second-order valence-corrected chi connectivity index (χ2v) is 7.48. The lowest BCUT2D eigenvalue weighted by Crippen LogP contribution is -2.50. The number of fused-ring (bicyclic) bond motifs is 2. The quantitative estimate of drug-likeness (QED) is 0.507. The molecule has 2 saturated carbocycles. The summed E-state index contributed by atoms with van der Waals surface area (Å²) in [5.74, 6) is -3.37. The van der Waals surface area contributed by atoms with Gasteiger partial charge in [-0.3, -0.25) is 0 Å². The molecule has 22 heavy (non-hydrogen) atoms. The van der Waals surface area contributed by atoms with Crippen LogP contribution in [0.25, 0.3) is 0 Å². The lowest BCUT2D eigenvalue weighted by atomic mass is 9.89. The summed E-state index contributed by atoms with van der Waals surface area (Å²) in [6, 6.07) is 0.230. The minimum absolute atomic E-state index is 0.230. The van der Waals surface area contributed by atoms with Gasteiger partial charge in [-0.15, -0.1) is 0 Å². The van der Waals surface area contributed by atoms with E-state index in [9.17, 15) is 14.6 Å². The third kappa shape index (κ3) is 2.80. The molecule has 4 N–H and O–H groups in total. The Balaban J connectivity index is 0.000000219. The summed E-state index contributed by atoms with van der Waals surface area (Å²) < 4.78 is 13.4. The van der Waals surface area contributed by atoms with Crippen LogP contribution in [0.2, 0.25) is 0 Å². The van der Waals surface area contributed by atoms with E-state index in [1.807, 2.05) is 13.8 Å². The number of hydrogen-bond acceptors (Lipinski definition) is 5. The molecule has 4 fully saturated rings. The van der Waals surface area contributed by atoms with E-state index in [1.54, 1.807) is 4.90 Å². The molecule has 3 atom stereocenters. The second-order valence-electron chi connectivity index (χ2n) is 7.48. The van der Waals surface area contributed by atoms with Gasteiger partial charge in [-0.2, -0.15) is 0 Å². The average molecular weight is 319 g/mol. The van der Waals surface area contributed by atoms with Gasteiger partial charge in [0.1, 0.15) is 6.17 Å². The van der Waals surface area contributed by atoms with Crippen molar-refractivity contribution in [3.05, 3.63) is 0 Å². The molecule has 0 radical (unpaired) electrons. The second kappa shape index (κ2) is 5.38. The smallest absolute Gasteiger partial charge is 0.234 e. The summed E-state index contributed by atoms with van der Waals surface area (Å²) in [6.07, 6.45) is 3.43. The molecule has 2 unspecified atom stereocenters. The predicted molar refractivity (Wildman–Crippen MR) is 80.4 cm³/mol. The molecule has 0 aromatic rings. The van der Waals surface area contributed by atoms with E-state index in [1.165, 1.54) is 26.7 Å². The highest BCUT2D eigenvalue weighted by atomic mass is 19.1. The van der Waals surface area contributed by atoms with Crippen LogP contribution in [-0.2, 0) is 0 Å². The Hall–Kier alpha value is -0.270. The first-order valence-electron chi connectivity index (χ1n) is 8.32. The maximum absolute atomic E-state index is 13.4. The van der Waals surface area contributed by atoms with E-state index < -0.39 is 23.3 Å². The number of nitrogens with zero attached hydrogens (tertiary/aromatic N) is 1. The van der Waals surface area contributed by atoms with Crippen LogP contribution in [0.5, 0.6) is 0 Å². The Morgan fingerprint density at radius 3 is 1.86 bits per heavy atom. The van der Waals surface area contributed by atoms with E-state index in [2.05, 4.69) is 0 Å². The van der Waals surface area contributed by atoms with Crippen molar-refractivity contribution in [2.75, 3.05) is 6.54 Å². The molecule has 2 aliphatic heterocycles. The third-order valence-electron chi connectivity index (χ3n) is 5.43. The van der Waals surface area contributed by atoms with Crippen molar-refractivity contribution < 1.29 is 24.8 Å². The first kappa shape index (κ1) is 18.1. The minimum atomic E-state index is -1.87. The molecule has 5 nitrogen and oxygen atoms in total. The third-order valence-corrected chi connectivity index (χ3v) is 5.43. The number of rotatable bonds is 0. The first-order chi connectivity index (χ1) is 10.0. The van der Waals surface area contributed by atoms with Crippen molar-refractivity contribution in [1.29, 1.82) is 0 Å². The Bertz CT molecular complexity index is 413. The van der Waals surface area contributed by atoms with Gasteiger partial charge in [0.2, 0.25) is 5.91 Å². The van der Waals surface area contributed by atoms with Crippen LogP contribution in [0.4, 0.5) is 4.39 Å². The summed E-state index contributed by atoms with van der Waals surface area (Å²) in [7, 11) is 0. The lowest BCUT2D eigenvalue weighted by Gasteiger charge is -2.31. The van der Waals surface area contributed by atoms with Gasteiger partial charge in [0.05, 0.1) is 5.41 Å². The van der Waals surface area contributed by atoms with Crippen molar-refractivity contribution in [3.63, 3.8) is 0 Å². The number of aliphatic hydroxyl groups is 4. The van der Waals surface area contributed by atoms with Crippen LogP contribution in [0.15, 0.2) is 0 Å². The first-order valence-corrected chi connectivity index (χ1v) is 8.32. The predicted octanol–water partition coefficient (Wildman–Crippen LogP) is 1.34. The van der Waals surface area contributed by atoms with Crippen LogP contribution in [0.3, 0.4) is 0 Å². The molecular formula is C16H30FNO4. The van der Waals surface area contributed by atoms with Crippen LogP contribution in [-0.4, -0.2) is 55.8 Å². The molecule has 0 bridgehead atoms. The lowest BCUT2D eigenvalue weighted by molar-refractivity contribution is -0.281. The molecule has 4 aliphatic rings. The van der Waals surface area contributed by atoms with Crippen LogP contribution in [0.1, 0.15) is 59.8 Å². The van der Waals surface area contributed by atoms with Crippen LogP contribution in [0, 0.1) is 10.8 Å². The highest BCUT2D eigenvalue weighted by molar-refractivity contribution is 5.24. The molecule has 2 spiro atoms. The topological polar surface area (TPSA) is 84.2 Å². The van der Waals surface area contributed by atoms with Gasteiger partial charge in [0.25, 0.3) is 0 Å². The van der Waals surface area contributed by atoms with Crippen molar-refractivity contribution in [2.24, 2.45) is 10.8 Å². The molecule has 2 aliphatic carbocycles. The molecule has 0 aromatic heterocycles. The van der Waals surface area contributed by atoms with Crippen molar-refractivity contribution >= 4 is 0 Å². The molecular weight excluding hydrogens is 289 g/mol. The van der Waals surface area contributed by atoms with E-state index in [0.29, 0.717) is 18.3 Å². The maximum atomic E-state index is 13.4. The van der Waals surface area contributed by atoms with Crippen LogP contribution < -0.4 is 0 Å². The highest BCUT2D eigenvalue weighted by Gasteiger charge is 2.79. The largest absolute Gasteiger partial charge is 0.366 e. The fraction of sp³-hybridized carbons (Fsp3) is 1.00. The summed E-state index contributed by atoms with van der Waals surface area (Å²) in [4.78, 5) is 1.76. The SMILES string of the molecule is CC.CC(C)(O)O.OC1(O)N2CCC3(CC3)C2C[C@@]12CC2F. The zero-order valence-corrected chi connectivity index (χ0v) is 14.0. The van der Waals surface area contributed by atoms with E-state index in [-0.39, 0.29) is 6.04 Å². The zero-order chi connectivity index (χ0) is 17.0. The number of alkyl halides is 1. The highest BCUT2D eigenvalue weighted by Crippen LogP contribution is 2.71. The summed E-state index contributed by atoms with van der Waals surface area (Å²) in [5.41, 5.74) is -0.518. The van der Waals surface area contributed by atoms with E-state index in [0.717, 1.165) is 13.0 Å². The summed E-state index contributed by atoms with van der Waals surface area (Å²) in [5, 5.41) is 36.4. The number of hydrogen-bond donors (Lipinski definition) is 4.